The van der Waals surface area contributed by atoms with Crippen LogP contribution in [0.4, 0.5) is 4.39 Å². The molecule has 0 unspecified atom stereocenters. The average Bonchev–Trinajstić information content (AvgIpc) is 3.27. The van der Waals surface area contributed by atoms with Crippen molar-refractivity contribution in [2.45, 2.75) is 33.4 Å². The predicted octanol–water partition coefficient (Wildman–Crippen LogP) is 6.17. The van der Waals surface area contributed by atoms with E-state index in [2.05, 4.69) is 27.6 Å². The summed E-state index contributed by atoms with van der Waals surface area (Å²) in [6.45, 7) is 6.04. The molecule has 1 aliphatic rings. The standard InChI is InChI=1S/C32H27ClFIN2O5S/c1-4-40-23-12-10-19(11-13-23)28-27(31(39)41-5-2)18(3)36-32-37(28)30(38)26(43-32)15-21-14-22(33)16-25(35)29(21)42-17-20-8-6-7-9-24(20)34/h6-16,28H,4-5,17H2,1-3H3/b26-15-/t28-/m1/s1. The van der Waals surface area contributed by atoms with E-state index in [-0.39, 0.29) is 30.2 Å². The smallest absolute Gasteiger partial charge is 0.338 e. The number of esters is 1. The van der Waals surface area contributed by atoms with Crippen molar-refractivity contribution in [1.29, 1.82) is 0 Å². The molecule has 4 aromatic rings. The van der Waals surface area contributed by atoms with Gasteiger partial charge in [0.2, 0.25) is 0 Å². The quantitative estimate of drug-likeness (QED) is 0.152. The second kappa shape index (κ2) is 13.4. The van der Waals surface area contributed by atoms with Gasteiger partial charge in [-0.25, -0.2) is 14.2 Å². The molecular weight excluding hydrogens is 706 g/mol. The van der Waals surface area contributed by atoms with Crippen LogP contribution in [-0.4, -0.2) is 23.8 Å². The number of aromatic nitrogens is 1. The third-order valence-corrected chi connectivity index (χ3v) is 8.68. The first kappa shape index (κ1) is 31.0. The number of carbonyl (C=O) groups excluding carboxylic acids is 1. The minimum absolute atomic E-state index is 0.00771. The summed E-state index contributed by atoms with van der Waals surface area (Å²) < 4.78 is 33.9. The van der Waals surface area contributed by atoms with Crippen LogP contribution < -0.4 is 24.4 Å². The summed E-state index contributed by atoms with van der Waals surface area (Å²) in [6, 6.07) is 16.3. The SMILES string of the molecule is CCOC(=O)C1=C(C)N=c2s/c(=C\c3cc(Cl)cc(I)c3OCc3ccccc3F)c(=O)n2[C@@H]1c1ccc(OCC)cc1. The summed E-state index contributed by atoms with van der Waals surface area (Å²) in [5, 5.41) is 0.453. The predicted molar refractivity (Wildman–Crippen MR) is 173 cm³/mol. The van der Waals surface area contributed by atoms with Crippen molar-refractivity contribution in [2.75, 3.05) is 13.2 Å². The molecule has 7 nitrogen and oxygen atoms in total. The molecule has 2 heterocycles. The van der Waals surface area contributed by atoms with Crippen LogP contribution in [0.1, 0.15) is 43.5 Å². The van der Waals surface area contributed by atoms with E-state index in [1.165, 1.54) is 22.0 Å². The summed E-state index contributed by atoms with van der Waals surface area (Å²) >= 11 is 9.70. The second-order valence-electron chi connectivity index (χ2n) is 9.49. The van der Waals surface area contributed by atoms with Gasteiger partial charge in [-0.3, -0.25) is 9.36 Å². The minimum atomic E-state index is -0.760. The summed E-state index contributed by atoms with van der Waals surface area (Å²) in [4.78, 5) is 32.3. The van der Waals surface area contributed by atoms with Crippen molar-refractivity contribution in [3.05, 3.63) is 123 Å². The average molecular weight is 733 g/mol. The first-order valence-electron chi connectivity index (χ1n) is 13.5. The highest BCUT2D eigenvalue weighted by molar-refractivity contribution is 14.1. The maximum atomic E-state index is 14.3. The summed E-state index contributed by atoms with van der Waals surface area (Å²) in [7, 11) is 0. The van der Waals surface area contributed by atoms with Crippen LogP contribution in [0, 0.1) is 9.39 Å². The van der Waals surface area contributed by atoms with Crippen molar-refractivity contribution in [3.8, 4) is 11.5 Å². The van der Waals surface area contributed by atoms with Gasteiger partial charge in [0.15, 0.2) is 4.80 Å². The Morgan fingerprint density at radius 2 is 1.86 bits per heavy atom. The maximum absolute atomic E-state index is 14.3. The zero-order chi connectivity index (χ0) is 30.7. The Bertz CT molecular complexity index is 1900. The zero-order valence-electron chi connectivity index (χ0n) is 23.5. The topological polar surface area (TPSA) is 79.1 Å². The molecule has 0 bridgehead atoms. The number of rotatable bonds is 9. The molecule has 1 aromatic heterocycles. The molecule has 1 aliphatic heterocycles. The molecule has 0 radical (unpaired) electrons. The Morgan fingerprint density at radius 1 is 1.12 bits per heavy atom. The monoisotopic (exact) mass is 732 g/mol. The number of carbonyl (C=O) groups is 1. The minimum Gasteiger partial charge on any atom is -0.494 e. The lowest BCUT2D eigenvalue weighted by molar-refractivity contribution is -0.139. The number of nitrogens with zero attached hydrogens (tertiary/aromatic N) is 2. The van der Waals surface area contributed by atoms with E-state index in [4.69, 9.17) is 25.8 Å². The molecule has 0 N–H and O–H groups in total. The number of ether oxygens (including phenoxy) is 3. The highest BCUT2D eigenvalue weighted by atomic mass is 127. The third kappa shape index (κ3) is 6.56. The van der Waals surface area contributed by atoms with E-state index < -0.39 is 12.0 Å². The van der Waals surface area contributed by atoms with Gasteiger partial charge < -0.3 is 14.2 Å². The molecule has 3 aromatic carbocycles. The van der Waals surface area contributed by atoms with Crippen LogP contribution in [0.5, 0.6) is 11.5 Å². The molecule has 11 heteroatoms. The van der Waals surface area contributed by atoms with Gasteiger partial charge >= 0.3 is 5.97 Å². The maximum Gasteiger partial charge on any atom is 0.338 e. The molecule has 5 rings (SSSR count). The first-order valence-corrected chi connectivity index (χ1v) is 15.8. The van der Waals surface area contributed by atoms with Gasteiger partial charge in [-0.05, 0) is 85.3 Å². The molecule has 0 saturated carbocycles. The summed E-state index contributed by atoms with van der Waals surface area (Å²) in [5.74, 6) is 0.231. The summed E-state index contributed by atoms with van der Waals surface area (Å²) in [6.07, 6.45) is 1.69. The number of hydrogen-bond donors (Lipinski definition) is 0. The van der Waals surface area contributed by atoms with E-state index in [9.17, 15) is 14.0 Å². The number of thiazole rings is 1. The number of halogens is 3. The molecular formula is C32H27ClFIN2O5S. The number of benzene rings is 3. The van der Waals surface area contributed by atoms with Crippen molar-refractivity contribution >= 4 is 57.6 Å². The van der Waals surface area contributed by atoms with Crippen LogP contribution in [0.25, 0.3) is 6.08 Å². The largest absolute Gasteiger partial charge is 0.494 e. The van der Waals surface area contributed by atoms with Gasteiger partial charge in [-0.2, -0.15) is 0 Å². The Labute approximate surface area is 270 Å². The van der Waals surface area contributed by atoms with Crippen molar-refractivity contribution in [2.24, 2.45) is 4.99 Å². The van der Waals surface area contributed by atoms with Crippen molar-refractivity contribution in [3.63, 3.8) is 0 Å². The van der Waals surface area contributed by atoms with Gasteiger partial charge in [0, 0.05) is 16.1 Å². The molecule has 43 heavy (non-hydrogen) atoms. The Balaban J connectivity index is 1.64. The van der Waals surface area contributed by atoms with E-state index in [0.29, 0.717) is 58.4 Å². The molecule has 222 valence electrons. The fourth-order valence-electron chi connectivity index (χ4n) is 4.77. The van der Waals surface area contributed by atoms with Gasteiger partial charge in [-0.15, -0.1) is 0 Å². The Hall–Kier alpha value is -3.48. The van der Waals surface area contributed by atoms with Crippen LogP contribution >= 0.6 is 45.5 Å². The molecule has 0 amide bonds. The number of allylic oxidation sites excluding steroid dienone is 1. The van der Waals surface area contributed by atoms with Crippen LogP contribution in [-0.2, 0) is 16.1 Å². The van der Waals surface area contributed by atoms with Gasteiger partial charge in [0.05, 0.1) is 38.6 Å². The lowest BCUT2D eigenvalue weighted by Crippen LogP contribution is -2.39. The lowest BCUT2D eigenvalue weighted by atomic mass is 9.96. The zero-order valence-corrected chi connectivity index (χ0v) is 27.3. The Kier molecular flexibility index (Phi) is 9.68. The molecule has 0 saturated heterocycles. The van der Waals surface area contributed by atoms with E-state index >= 15 is 0 Å². The Morgan fingerprint density at radius 3 is 2.56 bits per heavy atom. The van der Waals surface area contributed by atoms with E-state index in [1.54, 1.807) is 62.4 Å². The number of fused-ring (bicyclic) bond motifs is 1. The van der Waals surface area contributed by atoms with Crippen LogP contribution in [0.15, 0.2) is 81.7 Å². The fraction of sp³-hybridized carbons (Fsp3) is 0.219. The van der Waals surface area contributed by atoms with E-state index in [0.717, 1.165) is 0 Å². The van der Waals surface area contributed by atoms with Gasteiger partial charge in [0.25, 0.3) is 5.56 Å². The summed E-state index contributed by atoms with van der Waals surface area (Å²) in [5.41, 5.74) is 2.08. The fourth-order valence-corrected chi connectivity index (χ4v) is 7.02. The second-order valence-corrected chi connectivity index (χ2v) is 12.1. The molecule has 0 aliphatic carbocycles. The van der Waals surface area contributed by atoms with Gasteiger partial charge in [0.1, 0.15) is 23.9 Å². The van der Waals surface area contributed by atoms with Crippen molar-refractivity contribution in [1.82, 2.24) is 4.57 Å². The normalized spacial score (nSPS) is 14.7. The number of hydrogen-bond acceptors (Lipinski definition) is 7. The first-order chi connectivity index (χ1) is 20.7. The van der Waals surface area contributed by atoms with Crippen LogP contribution in [0.2, 0.25) is 5.02 Å². The molecule has 0 fully saturated rings. The van der Waals surface area contributed by atoms with Crippen LogP contribution in [0.3, 0.4) is 0 Å². The third-order valence-electron chi connectivity index (χ3n) is 6.68. The lowest BCUT2D eigenvalue weighted by Gasteiger charge is -2.24. The van der Waals surface area contributed by atoms with E-state index in [1.807, 2.05) is 19.1 Å². The van der Waals surface area contributed by atoms with Crippen molar-refractivity contribution < 1.29 is 23.4 Å². The van der Waals surface area contributed by atoms with Gasteiger partial charge in [-0.1, -0.05) is 53.3 Å². The highest BCUT2D eigenvalue weighted by Crippen LogP contribution is 2.33. The highest BCUT2D eigenvalue weighted by Gasteiger charge is 2.33. The molecule has 0 spiro atoms. The molecule has 1 atom stereocenters.